The largest absolute Gasteiger partial charge is 0.416 e. The number of hydrogen-bond acceptors (Lipinski definition) is 3. The smallest absolute Gasteiger partial charge is 0.326 e. The van der Waals surface area contributed by atoms with Crippen LogP contribution >= 0.6 is 0 Å². The number of nitrogens with one attached hydrogen (secondary N) is 3. The molecule has 0 bridgehead atoms. The van der Waals surface area contributed by atoms with Gasteiger partial charge >= 0.3 is 6.18 Å². The van der Waals surface area contributed by atoms with Crippen molar-refractivity contribution in [3.8, 4) is 0 Å². The van der Waals surface area contributed by atoms with Crippen LogP contribution < -0.4 is 16.0 Å². The first-order chi connectivity index (χ1) is 12.6. The first kappa shape index (κ1) is 20.0. The molecule has 0 fully saturated rings. The molecule has 9 heteroatoms. The highest BCUT2D eigenvalue weighted by Crippen LogP contribution is 2.30. The van der Waals surface area contributed by atoms with Gasteiger partial charge in [-0.15, -0.1) is 0 Å². The number of carbonyl (C=O) groups is 3. The van der Waals surface area contributed by atoms with E-state index in [-0.39, 0.29) is 11.6 Å². The van der Waals surface area contributed by atoms with Crippen molar-refractivity contribution < 1.29 is 27.6 Å². The van der Waals surface area contributed by atoms with Crippen molar-refractivity contribution in [1.29, 1.82) is 0 Å². The number of halogens is 3. The molecule has 6 nitrogen and oxygen atoms in total. The quantitative estimate of drug-likeness (QED) is 0.694. The fraction of sp³-hybridized carbons (Fsp3) is 0.167. The molecule has 0 aliphatic rings. The molecule has 0 unspecified atom stereocenters. The Hall–Kier alpha value is -3.36. The van der Waals surface area contributed by atoms with E-state index in [1.165, 1.54) is 25.1 Å². The van der Waals surface area contributed by atoms with E-state index < -0.39 is 30.0 Å². The Balaban J connectivity index is 1.90. The molecule has 0 spiro atoms. The van der Waals surface area contributed by atoms with Gasteiger partial charge in [-0.1, -0.05) is 6.07 Å². The normalized spacial score (nSPS) is 10.8. The van der Waals surface area contributed by atoms with Crippen LogP contribution in [0.2, 0.25) is 0 Å². The fourth-order valence-corrected chi connectivity index (χ4v) is 2.17. The van der Waals surface area contributed by atoms with Crippen LogP contribution in [0.5, 0.6) is 0 Å². The number of hydrogen-bond donors (Lipinski definition) is 3. The zero-order valence-corrected chi connectivity index (χ0v) is 14.2. The van der Waals surface area contributed by atoms with Gasteiger partial charge in [-0.3, -0.25) is 14.4 Å². The molecule has 3 N–H and O–H groups in total. The second-order valence-corrected chi connectivity index (χ2v) is 5.61. The minimum atomic E-state index is -4.53. The molecule has 27 heavy (non-hydrogen) atoms. The molecule has 0 aromatic heterocycles. The summed E-state index contributed by atoms with van der Waals surface area (Å²) in [6.45, 7) is 1.36. The predicted octanol–water partition coefficient (Wildman–Crippen LogP) is 3.63. The lowest BCUT2D eigenvalue weighted by Crippen LogP contribution is -2.21. The molecule has 0 heterocycles. The second kappa shape index (κ2) is 8.35. The highest BCUT2D eigenvalue weighted by molar-refractivity contribution is 6.08. The van der Waals surface area contributed by atoms with Gasteiger partial charge in [-0.2, -0.15) is 13.2 Å². The van der Waals surface area contributed by atoms with Crippen molar-refractivity contribution in [3.63, 3.8) is 0 Å². The van der Waals surface area contributed by atoms with Crippen LogP contribution in [0.1, 0.15) is 18.9 Å². The standard InChI is InChI=1S/C18H16F3N3O3/c1-11(25)22-13-5-7-14(8-6-13)23-16(26)10-17(27)24-15-4-2-3-12(9-15)18(19,20)21/h2-9H,10H2,1H3,(H,22,25)(H,23,26)(H,24,27). The number of benzene rings is 2. The van der Waals surface area contributed by atoms with Gasteiger partial charge in [0.05, 0.1) is 5.56 Å². The fourth-order valence-electron chi connectivity index (χ4n) is 2.17. The lowest BCUT2D eigenvalue weighted by Gasteiger charge is -2.10. The first-order valence-corrected chi connectivity index (χ1v) is 7.78. The van der Waals surface area contributed by atoms with Crippen molar-refractivity contribution in [2.75, 3.05) is 16.0 Å². The molecule has 142 valence electrons. The monoisotopic (exact) mass is 379 g/mol. The number of amides is 3. The van der Waals surface area contributed by atoms with Crippen LogP contribution in [-0.2, 0) is 20.6 Å². The lowest BCUT2D eigenvalue weighted by molar-refractivity contribution is -0.137. The van der Waals surface area contributed by atoms with E-state index in [1.54, 1.807) is 12.1 Å². The topological polar surface area (TPSA) is 87.3 Å². The van der Waals surface area contributed by atoms with Crippen LogP contribution in [0, 0.1) is 0 Å². The second-order valence-electron chi connectivity index (χ2n) is 5.61. The average molecular weight is 379 g/mol. The zero-order chi connectivity index (χ0) is 20.0. The van der Waals surface area contributed by atoms with E-state index in [9.17, 15) is 27.6 Å². The molecule has 0 aliphatic carbocycles. The molecule has 3 amide bonds. The maximum Gasteiger partial charge on any atom is 0.416 e. The Labute approximate surface area is 152 Å². The summed E-state index contributed by atoms with van der Waals surface area (Å²) in [5.41, 5.74) is -0.00458. The third-order valence-electron chi connectivity index (χ3n) is 3.28. The van der Waals surface area contributed by atoms with Crippen LogP contribution in [0.25, 0.3) is 0 Å². The SMILES string of the molecule is CC(=O)Nc1ccc(NC(=O)CC(=O)Nc2cccc(C(F)(F)F)c2)cc1. The van der Waals surface area contributed by atoms with Gasteiger partial charge in [0.15, 0.2) is 0 Å². The van der Waals surface area contributed by atoms with E-state index in [0.29, 0.717) is 11.4 Å². The van der Waals surface area contributed by atoms with Gasteiger partial charge in [0, 0.05) is 24.0 Å². The molecule has 0 saturated carbocycles. The van der Waals surface area contributed by atoms with Crippen molar-refractivity contribution in [2.45, 2.75) is 19.5 Å². The van der Waals surface area contributed by atoms with Gasteiger partial charge in [-0.25, -0.2) is 0 Å². The van der Waals surface area contributed by atoms with Crippen LogP contribution in [0.3, 0.4) is 0 Å². The minimum Gasteiger partial charge on any atom is -0.326 e. The van der Waals surface area contributed by atoms with E-state index in [4.69, 9.17) is 0 Å². The van der Waals surface area contributed by atoms with Crippen molar-refractivity contribution >= 4 is 34.8 Å². The van der Waals surface area contributed by atoms with Gasteiger partial charge in [0.1, 0.15) is 6.42 Å². The summed E-state index contributed by atoms with van der Waals surface area (Å²) in [4.78, 5) is 34.7. The number of carbonyl (C=O) groups excluding carboxylic acids is 3. The van der Waals surface area contributed by atoms with Crippen molar-refractivity contribution in [2.24, 2.45) is 0 Å². The summed E-state index contributed by atoms with van der Waals surface area (Å²) in [6, 6.07) is 10.3. The molecule has 0 saturated heterocycles. The molecule has 2 aromatic carbocycles. The summed E-state index contributed by atoms with van der Waals surface area (Å²) in [5.74, 6) is -1.62. The Kier molecular flexibility index (Phi) is 6.17. The van der Waals surface area contributed by atoms with E-state index in [2.05, 4.69) is 16.0 Å². The summed E-state index contributed by atoms with van der Waals surface area (Å²) in [6.07, 6.45) is -5.09. The molecule has 2 aromatic rings. The maximum absolute atomic E-state index is 12.7. The summed E-state index contributed by atoms with van der Waals surface area (Å²) < 4.78 is 38.0. The lowest BCUT2D eigenvalue weighted by atomic mass is 10.2. The van der Waals surface area contributed by atoms with Gasteiger partial charge in [-0.05, 0) is 42.5 Å². The van der Waals surface area contributed by atoms with E-state index in [1.807, 2.05) is 0 Å². The minimum absolute atomic E-state index is 0.0534. The van der Waals surface area contributed by atoms with Crippen molar-refractivity contribution in [3.05, 3.63) is 54.1 Å². The molecule has 0 aliphatic heterocycles. The third kappa shape index (κ3) is 6.46. The van der Waals surface area contributed by atoms with Crippen LogP contribution in [0.15, 0.2) is 48.5 Å². The maximum atomic E-state index is 12.7. The van der Waals surface area contributed by atoms with E-state index >= 15 is 0 Å². The molecule has 2 rings (SSSR count). The van der Waals surface area contributed by atoms with Gasteiger partial charge < -0.3 is 16.0 Å². The predicted molar refractivity (Wildman–Crippen MR) is 94.1 cm³/mol. The summed E-state index contributed by atoms with van der Waals surface area (Å²) in [5, 5.41) is 7.30. The Morgan fingerprint density at radius 1 is 0.815 bits per heavy atom. The number of rotatable bonds is 5. The Morgan fingerprint density at radius 2 is 1.33 bits per heavy atom. The van der Waals surface area contributed by atoms with Gasteiger partial charge in [0.25, 0.3) is 0 Å². The summed E-state index contributed by atoms with van der Waals surface area (Å²) in [7, 11) is 0. The average Bonchev–Trinajstić information content (AvgIpc) is 2.55. The first-order valence-electron chi connectivity index (χ1n) is 7.78. The highest BCUT2D eigenvalue weighted by Gasteiger charge is 2.30. The molecular formula is C18H16F3N3O3. The van der Waals surface area contributed by atoms with Crippen LogP contribution in [-0.4, -0.2) is 17.7 Å². The van der Waals surface area contributed by atoms with Gasteiger partial charge in [0.2, 0.25) is 17.7 Å². The summed E-state index contributed by atoms with van der Waals surface area (Å²) >= 11 is 0. The zero-order valence-electron chi connectivity index (χ0n) is 14.2. The number of alkyl halides is 3. The van der Waals surface area contributed by atoms with E-state index in [0.717, 1.165) is 18.2 Å². The molecular weight excluding hydrogens is 363 g/mol. The van der Waals surface area contributed by atoms with Crippen LogP contribution in [0.4, 0.5) is 30.2 Å². The highest BCUT2D eigenvalue weighted by atomic mass is 19.4. The number of anilines is 3. The molecule has 0 radical (unpaired) electrons. The van der Waals surface area contributed by atoms with Crippen molar-refractivity contribution in [1.82, 2.24) is 0 Å². The Bertz CT molecular complexity index is 849. The molecule has 0 atom stereocenters. The Morgan fingerprint density at radius 3 is 1.85 bits per heavy atom. The third-order valence-corrected chi connectivity index (χ3v) is 3.28.